The van der Waals surface area contributed by atoms with Crippen LogP contribution >= 0.6 is 0 Å². The summed E-state index contributed by atoms with van der Waals surface area (Å²) in [6, 6.07) is 2.13. The highest BCUT2D eigenvalue weighted by atomic mass is 19.1. The Kier molecular flexibility index (Phi) is 5.15. The summed E-state index contributed by atoms with van der Waals surface area (Å²) in [5.74, 6) is -0.890. The minimum atomic E-state index is -0.581. The monoisotopic (exact) mass is 244 g/mol. The van der Waals surface area contributed by atoms with Crippen LogP contribution < -0.4 is 15.8 Å². The molecule has 0 saturated carbocycles. The first-order chi connectivity index (χ1) is 8.08. The molecule has 96 valence electrons. The van der Waals surface area contributed by atoms with Gasteiger partial charge in [0.25, 0.3) is 0 Å². The predicted octanol–water partition coefficient (Wildman–Crippen LogP) is 2.37. The van der Waals surface area contributed by atoms with Gasteiger partial charge in [0.2, 0.25) is 0 Å². The third-order valence-electron chi connectivity index (χ3n) is 2.54. The summed E-state index contributed by atoms with van der Waals surface area (Å²) in [7, 11) is 1.30. The standard InChI is InChI=1S/C12H18F2N2O/c1-8(3-4-15)7-16-11-5-10(14)12(17-2)6-9(11)13/h5-6,8,16H,3-4,7,15H2,1-2H3. The first-order valence-corrected chi connectivity index (χ1v) is 5.55. The molecule has 0 aromatic heterocycles. The fourth-order valence-electron chi connectivity index (χ4n) is 1.49. The molecule has 5 heteroatoms. The van der Waals surface area contributed by atoms with Crippen molar-refractivity contribution in [2.24, 2.45) is 11.7 Å². The maximum atomic E-state index is 13.5. The van der Waals surface area contributed by atoms with Gasteiger partial charge in [0.1, 0.15) is 5.82 Å². The molecule has 0 amide bonds. The molecule has 1 rings (SSSR count). The Morgan fingerprint density at radius 2 is 2.06 bits per heavy atom. The van der Waals surface area contributed by atoms with Gasteiger partial charge in [-0.25, -0.2) is 8.78 Å². The molecule has 1 unspecified atom stereocenters. The lowest BCUT2D eigenvalue weighted by Gasteiger charge is -2.14. The highest BCUT2D eigenvalue weighted by Gasteiger charge is 2.10. The molecule has 3 N–H and O–H groups in total. The highest BCUT2D eigenvalue weighted by molar-refractivity contribution is 5.48. The van der Waals surface area contributed by atoms with E-state index < -0.39 is 11.6 Å². The van der Waals surface area contributed by atoms with Crippen LogP contribution in [0.15, 0.2) is 12.1 Å². The smallest absolute Gasteiger partial charge is 0.167 e. The van der Waals surface area contributed by atoms with Crippen molar-refractivity contribution in [1.82, 2.24) is 0 Å². The molecule has 0 aliphatic heterocycles. The topological polar surface area (TPSA) is 47.3 Å². The minimum absolute atomic E-state index is 0.0944. The lowest BCUT2D eigenvalue weighted by molar-refractivity contribution is 0.383. The van der Waals surface area contributed by atoms with Crippen LogP contribution in [-0.4, -0.2) is 20.2 Å². The van der Waals surface area contributed by atoms with Crippen LogP contribution in [0, 0.1) is 17.6 Å². The average molecular weight is 244 g/mol. The molecule has 17 heavy (non-hydrogen) atoms. The molecule has 0 aliphatic carbocycles. The van der Waals surface area contributed by atoms with Crippen molar-refractivity contribution in [1.29, 1.82) is 0 Å². The number of rotatable bonds is 6. The second-order valence-corrected chi connectivity index (χ2v) is 4.03. The van der Waals surface area contributed by atoms with Crippen LogP contribution in [0.5, 0.6) is 5.75 Å². The van der Waals surface area contributed by atoms with E-state index in [1.165, 1.54) is 7.11 Å². The van der Waals surface area contributed by atoms with Crippen LogP contribution in [0.25, 0.3) is 0 Å². The molecular weight excluding hydrogens is 226 g/mol. The van der Waals surface area contributed by atoms with Crippen molar-refractivity contribution in [2.45, 2.75) is 13.3 Å². The second-order valence-electron chi connectivity index (χ2n) is 4.03. The quantitative estimate of drug-likeness (QED) is 0.807. The van der Waals surface area contributed by atoms with E-state index in [0.717, 1.165) is 18.6 Å². The molecule has 3 nitrogen and oxygen atoms in total. The fourth-order valence-corrected chi connectivity index (χ4v) is 1.49. The van der Waals surface area contributed by atoms with E-state index in [-0.39, 0.29) is 11.4 Å². The summed E-state index contributed by atoms with van der Waals surface area (Å²) < 4.78 is 31.6. The Labute approximate surface area is 100.0 Å². The summed E-state index contributed by atoms with van der Waals surface area (Å²) in [6.45, 7) is 3.14. The largest absolute Gasteiger partial charge is 0.494 e. The van der Waals surface area contributed by atoms with Crippen LogP contribution in [-0.2, 0) is 0 Å². The lowest BCUT2D eigenvalue weighted by Crippen LogP contribution is -2.16. The Hall–Kier alpha value is -1.36. The van der Waals surface area contributed by atoms with Crippen LogP contribution in [0.2, 0.25) is 0 Å². The number of hydrogen-bond donors (Lipinski definition) is 2. The van der Waals surface area contributed by atoms with Crippen molar-refractivity contribution in [2.75, 3.05) is 25.5 Å². The van der Waals surface area contributed by atoms with E-state index >= 15 is 0 Å². The van der Waals surface area contributed by atoms with Crippen molar-refractivity contribution in [3.63, 3.8) is 0 Å². The molecule has 1 atom stereocenters. The van der Waals surface area contributed by atoms with Gasteiger partial charge in [-0.1, -0.05) is 6.92 Å². The predicted molar refractivity (Wildman–Crippen MR) is 64.2 cm³/mol. The van der Waals surface area contributed by atoms with Gasteiger partial charge in [-0.3, -0.25) is 0 Å². The van der Waals surface area contributed by atoms with Gasteiger partial charge in [-0.2, -0.15) is 0 Å². The molecule has 0 fully saturated rings. The van der Waals surface area contributed by atoms with E-state index in [1.54, 1.807) is 0 Å². The molecule has 0 saturated heterocycles. The van der Waals surface area contributed by atoms with Gasteiger partial charge >= 0.3 is 0 Å². The number of benzene rings is 1. The van der Waals surface area contributed by atoms with E-state index in [9.17, 15) is 8.78 Å². The van der Waals surface area contributed by atoms with Crippen LogP contribution in [0.4, 0.5) is 14.5 Å². The Morgan fingerprint density at radius 1 is 1.35 bits per heavy atom. The normalized spacial score (nSPS) is 12.3. The Bertz CT molecular complexity index is 372. The minimum Gasteiger partial charge on any atom is -0.494 e. The van der Waals surface area contributed by atoms with Gasteiger partial charge in [-0.15, -0.1) is 0 Å². The van der Waals surface area contributed by atoms with Crippen LogP contribution in [0.3, 0.4) is 0 Å². The van der Waals surface area contributed by atoms with Gasteiger partial charge in [0, 0.05) is 18.7 Å². The highest BCUT2D eigenvalue weighted by Crippen LogP contribution is 2.24. The molecular formula is C12H18F2N2O. The van der Waals surface area contributed by atoms with Crippen molar-refractivity contribution in [3.05, 3.63) is 23.8 Å². The third kappa shape index (κ3) is 3.85. The number of halogens is 2. The van der Waals surface area contributed by atoms with Crippen molar-refractivity contribution < 1.29 is 13.5 Å². The Balaban J connectivity index is 2.68. The number of nitrogens with two attached hydrogens (primary N) is 1. The van der Waals surface area contributed by atoms with Gasteiger partial charge in [0.05, 0.1) is 12.8 Å². The third-order valence-corrected chi connectivity index (χ3v) is 2.54. The zero-order valence-electron chi connectivity index (χ0n) is 10.1. The van der Waals surface area contributed by atoms with Crippen molar-refractivity contribution >= 4 is 5.69 Å². The maximum Gasteiger partial charge on any atom is 0.167 e. The zero-order valence-corrected chi connectivity index (χ0v) is 10.1. The summed E-state index contributed by atoms with van der Waals surface area (Å²) >= 11 is 0. The first-order valence-electron chi connectivity index (χ1n) is 5.55. The lowest BCUT2D eigenvalue weighted by atomic mass is 10.1. The fraction of sp³-hybridized carbons (Fsp3) is 0.500. The number of methoxy groups -OCH3 is 1. The molecule has 0 bridgehead atoms. The first kappa shape index (κ1) is 13.7. The van der Waals surface area contributed by atoms with E-state index in [2.05, 4.69) is 10.1 Å². The Morgan fingerprint density at radius 3 is 2.65 bits per heavy atom. The molecule has 0 heterocycles. The second kappa shape index (κ2) is 6.39. The van der Waals surface area contributed by atoms with Crippen LogP contribution in [0.1, 0.15) is 13.3 Å². The zero-order chi connectivity index (χ0) is 12.8. The van der Waals surface area contributed by atoms with Gasteiger partial charge in [-0.05, 0) is 18.9 Å². The summed E-state index contributed by atoms with van der Waals surface area (Å²) in [5, 5.41) is 2.86. The van der Waals surface area contributed by atoms with E-state index in [1.807, 2.05) is 6.92 Å². The molecule has 1 aromatic rings. The summed E-state index contributed by atoms with van der Waals surface area (Å²) in [5.41, 5.74) is 5.56. The maximum absolute atomic E-state index is 13.5. The molecule has 1 aromatic carbocycles. The van der Waals surface area contributed by atoms with Gasteiger partial charge < -0.3 is 15.8 Å². The number of anilines is 1. The van der Waals surface area contributed by atoms with Gasteiger partial charge in [0.15, 0.2) is 11.6 Å². The van der Waals surface area contributed by atoms with E-state index in [0.29, 0.717) is 19.0 Å². The number of hydrogen-bond acceptors (Lipinski definition) is 3. The molecule has 0 spiro atoms. The number of nitrogens with one attached hydrogen (secondary N) is 1. The van der Waals surface area contributed by atoms with Crippen molar-refractivity contribution in [3.8, 4) is 5.75 Å². The number of ether oxygens (including phenoxy) is 1. The molecule has 0 aliphatic rings. The van der Waals surface area contributed by atoms with E-state index in [4.69, 9.17) is 5.73 Å². The molecule has 0 radical (unpaired) electrons. The summed E-state index contributed by atoms with van der Waals surface area (Å²) in [6.07, 6.45) is 0.841. The average Bonchev–Trinajstić information content (AvgIpc) is 2.30. The summed E-state index contributed by atoms with van der Waals surface area (Å²) in [4.78, 5) is 0. The SMILES string of the molecule is COc1cc(F)c(NCC(C)CCN)cc1F.